The summed E-state index contributed by atoms with van der Waals surface area (Å²) in [5.74, 6) is 0.622. The number of aryl methyl sites for hydroxylation is 1. The molecular formula is C19H31ClO. The van der Waals surface area contributed by atoms with Crippen molar-refractivity contribution in [2.75, 3.05) is 5.88 Å². The van der Waals surface area contributed by atoms with Gasteiger partial charge in [0, 0.05) is 5.88 Å². The quantitative estimate of drug-likeness (QED) is 0.369. The Morgan fingerprint density at radius 2 is 1.62 bits per heavy atom. The molecule has 1 rings (SSSR count). The van der Waals surface area contributed by atoms with Crippen molar-refractivity contribution < 1.29 is 5.11 Å². The molecule has 0 saturated heterocycles. The van der Waals surface area contributed by atoms with E-state index in [-0.39, 0.29) is 6.10 Å². The summed E-state index contributed by atoms with van der Waals surface area (Å²) >= 11 is 5.72. The molecule has 0 heterocycles. The van der Waals surface area contributed by atoms with E-state index in [0.717, 1.165) is 24.8 Å². The molecule has 0 radical (unpaired) electrons. The van der Waals surface area contributed by atoms with Gasteiger partial charge in [-0.2, -0.15) is 0 Å². The van der Waals surface area contributed by atoms with Gasteiger partial charge in [0.1, 0.15) is 0 Å². The molecule has 120 valence electrons. The summed E-state index contributed by atoms with van der Waals surface area (Å²) in [5.41, 5.74) is 2.42. The summed E-state index contributed by atoms with van der Waals surface area (Å²) in [5, 5.41) is 10.3. The van der Waals surface area contributed by atoms with Gasteiger partial charge in [0.2, 0.25) is 0 Å². The molecule has 0 spiro atoms. The van der Waals surface area contributed by atoms with Crippen LogP contribution in [0.2, 0.25) is 0 Å². The fourth-order valence-corrected chi connectivity index (χ4v) is 2.94. The van der Waals surface area contributed by atoms with E-state index >= 15 is 0 Å². The van der Waals surface area contributed by atoms with Gasteiger partial charge in [0.05, 0.1) is 6.10 Å². The Balaban J connectivity index is 2.33. The van der Waals surface area contributed by atoms with Gasteiger partial charge in [0.15, 0.2) is 0 Å². The molecule has 0 aliphatic rings. The highest BCUT2D eigenvalue weighted by atomic mass is 35.5. The van der Waals surface area contributed by atoms with Crippen molar-refractivity contribution in [3.63, 3.8) is 0 Å². The second kappa shape index (κ2) is 12.1. The van der Waals surface area contributed by atoms with Gasteiger partial charge in [-0.3, -0.25) is 0 Å². The summed E-state index contributed by atoms with van der Waals surface area (Å²) in [6.07, 6.45) is 11.7. The van der Waals surface area contributed by atoms with Crippen molar-refractivity contribution in [1.82, 2.24) is 0 Å². The first-order valence-electron chi connectivity index (χ1n) is 8.61. The van der Waals surface area contributed by atoms with E-state index in [1.165, 1.54) is 50.5 Å². The summed E-state index contributed by atoms with van der Waals surface area (Å²) in [4.78, 5) is 0. The van der Waals surface area contributed by atoms with E-state index < -0.39 is 0 Å². The normalized spacial score (nSPS) is 12.5. The SMILES string of the molecule is CCCCCCCCCc1ccccc1C(O)CCCCl. The molecule has 0 amide bonds. The number of rotatable bonds is 12. The smallest absolute Gasteiger partial charge is 0.0793 e. The van der Waals surface area contributed by atoms with Crippen LogP contribution in [0.25, 0.3) is 0 Å². The van der Waals surface area contributed by atoms with Crippen molar-refractivity contribution in [2.45, 2.75) is 77.2 Å². The van der Waals surface area contributed by atoms with Crippen LogP contribution in [0, 0.1) is 0 Å². The monoisotopic (exact) mass is 310 g/mol. The molecular weight excluding hydrogens is 280 g/mol. The first-order valence-corrected chi connectivity index (χ1v) is 9.14. The van der Waals surface area contributed by atoms with Crippen LogP contribution in [0.5, 0.6) is 0 Å². The first kappa shape index (κ1) is 18.5. The number of benzene rings is 1. The lowest BCUT2D eigenvalue weighted by molar-refractivity contribution is 0.165. The van der Waals surface area contributed by atoms with Crippen LogP contribution in [-0.4, -0.2) is 11.0 Å². The number of aliphatic hydroxyl groups excluding tert-OH is 1. The summed E-state index contributed by atoms with van der Waals surface area (Å²) in [6.45, 7) is 2.26. The molecule has 0 saturated carbocycles. The minimum absolute atomic E-state index is 0.357. The van der Waals surface area contributed by atoms with Crippen molar-refractivity contribution >= 4 is 11.6 Å². The van der Waals surface area contributed by atoms with Gasteiger partial charge < -0.3 is 5.11 Å². The standard InChI is InChI=1S/C19H31ClO/c1-2-3-4-5-6-7-8-12-17-13-9-10-14-18(17)19(21)15-11-16-20/h9-10,13-14,19,21H,2-8,11-12,15-16H2,1H3. The molecule has 21 heavy (non-hydrogen) atoms. The molecule has 1 unspecified atom stereocenters. The predicted octanol–water partition coefficient (Wildman–Crippen LogP) is 6.03. The number of alkyl halides is 1. The van der Waals surface area contributed by atoms with Gasteiger partial charge in [-0.05, 0) is 36.8 Å². The van der Waals surface area contributed by atoms with E-state index in [1.54, 1.807) is 0 Å². The molecule has 2 heteroatoms. The molecule has 1 nitrogen and oxygen atoms in total. The lowest BCUT2D eigenvalue weighted by Crippen LogP contribution is -2.03. The number of aliphatic hydroxyl groups is 1. The van der Waals surface area contributed by atoms with Crippen molar-refractivity contribution in [3.8, 4) is 0 Å². The Labute approximate surface area is 135 Å². The lowest BCUT2D eigenvalue weighted by Gasteiger charge is -2.15. The van der Waals surface area contributed by atoms with Gasteiger partial charge in [-0.1, -0.05) is 69.7 Å². The maximum Gasteiger partial charge on any atom is 0.0793 e. The minimum atomic E-state index is -0.357. The summed E-state index contributed by atoms with van der Waals surface area (Å²) in [7, 11) is 0. The van der Waals surface area contributed by atoms with E-state index in [1.807, 2.05) is 6.07 Å². The molecule has 1 aromatic rings. The van der Waals surface area contributed by atoms with E-state index in [9.17, 15) is 5.11 Å². The molecule has 0 bridgehead atoms. The average Bonchev–Trinajstić information content (AvgIpc) is 2.52. The molecule has 0 aromatic heterocycles. The third kappa shape index (κ3) is 7.87. The zero-order valence-electron chi connectivity index (χ0n) is 13.5. The van der Waals surface area contributed by atoms with Gasteiger partial charge in [0.25, 0.3) is 0 Å². The number of unbranched alkanes of at least 4 members (excludes halogenated alkanes) is 6. The van der Waals surface area contributed by atoms with Crippen molar-refractivity contribution in [2.24, 2.45) is 0 Å². The van der Waals surface area contributed by atoms with Crippen LogP contribution >= 0.6 is 11.6 Å². The average molecular weight is 311 g/mol. The molecule has 0 aliphatic heterocycles. The molecule has 1 N–H and O–H groups in total. The van der Waals surface area contributed by atoms with Gasteiger partial charge in [-0.15, -0.1) is 11.6 Å². The maximum absolute atomic E-state index is 10.3. The fraction of sp³-hybridized carbons (Fsp3) is 0.684. The molecule has 1 atom stereocenters. The number of hydrogen-bond acceptors (Lipinski definition) is 1. The fourth-order valence-electron chi connectivity index (χ4n) is 2.79. The largest absolute Gasteiger partial charge is 0.388 e. The van der Waals surface area contributed by atoms with E-state index in [4.69, 9.17) is 11.6 Å². The second-order valence-corrected chi connectivity index (χ2v) is 6.30. The van der Waals surface area contributed by atoms with Crippen LogP contribution in [0.1, 0.15) is 81.9 Å². The second-order valence-electron chi connectivity index (χ2n) is 5.92. The molecule has 1 aromatic carbocycles. The zero-order chi connectivity index (χ0) is 15.3. The van der Waals surface area contributed by atoms with Crippen LogP contribution in [0.4, 0.5) is 0 Å². The van der Waals surface area contributed by atoms with Gasteiger partial charge >= 0.3 is 0 Å². The third-order valence-electron chi connectivity index (χ3n) is 4.07. The first-order chi connectivity index (χ1) is 10.3. The third-order valence-corrected chi connectivity index (χ3v) is 4.34. The summed E-state index contributed by atoms with van der Waals surface area (Å²) < 4.78 is 0. The zero-order valence-corrected chi connectivity index (χ0v) is 14.2. The maximum atomic E-state index is 10.3. The van der Waals surface area contributed by atoms with Gasteiger partial charge in [-0.25, -0.2) is 0 Å². The minimum Gasteiger partial charge on any atom is -0.388 e. The highest BCUT2D eigenvalue weighted by Gasteiger charge is 2.11. The predicted molar refractivity (Wildman–Crippen MR) is 93.1 cm³/mol. The van der Waals surface area contributed by atoms with Crippen LogP contribution < -0.4 is 0 Å². The number of halogens is 1. The van der Waals surface area contributed by atoms with Crippen LogP contribution in [0.15, 0.2) is 24.3 Å². The Morgan fingerprint density at radius 3 is 2.33 bits per heavy atom. The van der Waals surface area contributed by atoms with Crippen LogP contribution in [0.3, 0.4) is 0 Å². The highest BCUT2D eigenvalue weighted by molar-refractivity contribution is 6.17. The Hall–Kier alpha value is -0.530. The Morgan fingerprint density at radius 1 is 0.952 bits per heavy atom. The van der Waals surface area contributed by atoms with Crippen molar-refractivity contribution in [1.29, 1.82) is 0 Å². The Bertz CT molecular complexity index is 364. The lowest BCUT2D eigenvalue weighted by atomic mass is 9.95. The van der Waals surface area contributed by atoms with E-state index in [2.05, 4.69) is 25.1 Å². The number of hydrogen-bond donors (Lipinski definition) is 1. The summed E-state index contributed by atoms with van der Waals surface area (Å²) in [6, 6.07) is 8.33. The van der Waals surface area contributed by atoms with E-state index in [0.29, 0.717) is 5.88 Å². The molecule has 0 aliphatic carbocycles. The van der Waals surface area contributed by atoms with Crippen molar-refractivity contribution in [3.05, 3.63) is 35.4 Å². The van der Waals surface area contributed by atoms with Crippen LogP contribution in [-0.2, 0) is 6.42 Å². The topological polar surface area (TPSA) is 20.2 Å². The molecule has 0 fully saturated rings. The Kier molecular flexibility index (Phi) is 10.6. The highest BCUT2D eigenvalue weighted by Crippen LogP contribution is 2.24.